The molecule has 2 amide bonds. The lowest BCUT2D eigenvalue weighted by Gasteiger charge is -2.39. The molecule has 0 bridgehead atoms. The van der Waals surface area contributed by atoms with Crippen molar-refractivity contribution in [2.45, 2.75) is 33.5 Å². The largest absolute Gasteiger partial charge is 0.497 e. The number of hydrogen-bond acceptors (Lipinski definition) is 6. The maximum atomic E-state index is 13.2. The summed E-state index contributed by atoms with van der Waals surface area (Å²) in [7, 11) is 1.62. The van der Waals surface area contributed by atoms with Gasteiger partial charge in [0.2, 0.25) is 0 Å². The molecular formula is C26H28N3O6+. The number of rotatable bonds is 8. The zero-order valence-electron chi connectivity index (χ0n) is 20.1. The molecule has 1 saturated heterocycles. The average Bonchev–Trinajstić information content (AvgIpc) is 3.26. The van der Waals surface area contributed by atoms with Crippen LogP contribution >= 0.6 is 0 Å². The summed E-state index contributed by atoms with van der Waals surface area (Å²) in [5.74, 6) is 0.559. The zero-order valence-corrected chi connectivity index (χ0v) is 20.1. The van der Waals surface area contributed by atoms with Gasteiger partial charge in [0.25, 0.3) is 17.6 Å². The van der Waals surface area contributed by atoms with Gasteiger partial charge in [0.15, 0.2) is 11.0 Å². The lowest BCUT2D eigenvalue weighted by Crippen LogP contribution is -2.50. The molecule has 0 spiro atoms. The summed E-state index contributed by atoms with van der Waals surface area (Å²) in [6.07, 6.45) is 0. The molecule has 3 aromatic rings. The molecule has 2 aromatic carbocycles. The van der Waals surface area contributed by atoms with Gasteiger partial charge in [-0.05, 0) is 31.2 Å². The molecule has 2 aliphatic rings. The van der Waals surface area contributed by atoms with Crippen molar-refractivity contribution in [1.29, 1.82) is 0 Å². The summed E-state index contributed by atoms with van der Waals surface area (Å²) >= 11 is 0. The smallest absolute Gasteiger partial charge is 0.302 e. The number of aromatic nitrogens is 2. The van der Waals surface area contributed by atoms with Crippen LogP contribution in [0.4, 0.5) is 0 Å². The molecule has 5 rings (SSSR count). The summed E-state index contributed by atoms with van der Waals surface area (Å²) in [6, 6.07) is 12.7. The fourth-order valence-corrected chi connectivity index (χ4v) is 4.92. The predicted molar refractivity (Wildman–Crippen MR) is 125 cm³/mol. The van der Waals surface area contributed by atoms with Crippen LogP contribution in [-0.4, -0.2) is 54.2 Å². The van der Waals surface area contributed by atoms with Crippen molar-refractivity contribution in [2.75, 3.05) is 26.9 Å². The lowest BCUT2D eigenvalue weighted by molar-refractivity contribution is -0.677. The first-order valence-electron chi connectivity index (χ1n) is 11.6. The minimum absolute atomic E-state index is 0.113. The summed E-state index contributed by atoms with van der Waals surface area (Å²) in [5.41, 5.74) is 2.31. The van der Waals surface area contributed by atoms with Gasteiger partial charge in [0.1, 0.15) is 25.4 Å². The Morgan fingerprint density at radius 1 is 1.11 bits per heavy atom. The van der Waals surface area contributed by atoms with E-state index in [0.29, 0.717) is 43.2 Å². The van der Waals surface area contributed by atoms with Gasteiger partial charge in [0.05, 0.1) is 43.4 Å². The molecular weight excluding hydrogens is 450 g/mol. The number of ether oxygens (including phenoxy) is 3. The number of imide groups is 1. The van der Waals surface area contributed by atoms with E-state index in [9.17, 15) is 14.4 Å². The predicted octanol–water partition coefficient (Wildman–Crippen LogP) is 2.33. The zero-order chi connectivity index (χ0) is 24.7. The van der Waals surface area contributed by atoms with Crippen molar-refractivity contribution in [2.24, 2.45) is 5.41 Å². The van der Waals surface area contributed by atoms with Crippen molar-refractivity contribution >= 4 is 28.8 Å². The molecule has 9 nitrogen and oxygen atoms in total. The van der Waals surface area contributed by atoms with Crippen LogP contribution in [0.5, 0.6) is 5.75 Å². The Morgan fingerprint density at radius 2 is 1.80 bits per heavy atom. The molecule has 182 valence electrons. The highest BCUT2D eigenvalue weighted by molar-refractivity contribution is 6.21. The SMILES string of the molecule is CC[n+]1c(CN2C(=O)c3ccccc3C2=O)n(CC2(COC(C)=O)COC2)c2cc(OC)ccc21. The standard InChI is InChI=1S/C26H28N3O6/c1-4-27-21-10-9-18(33-3)11-22(21)29(13-26(14-34-15-26)16-35-17(2)30)23(27)12-28-24(31)19-7-5-6-8-20(19)25(28)32/h5-11H,4,12-16H2,1-3H3/q+1. The molecule has 9 heteroatoms. The molecule has 0 unspecified atom stereocenters. The third-order valence-corrected chi connectivity index (χ3v) is 6.77. The topological polar surface area (TPSA) is 91.0 Å². The second-order valence-electron chi connectivity index (χ2n) is 9.12. The minimum atomic E-state index is -0.400. The first-order valence-corrected chi connectivity index (χ1v) is 11.6. The van der Waals surface area contributed by atoms with E-state index in [4.69, 9.17) is 14.2 Å². The first kappa shape index (κ1) is 23.0. The summed E-state index contributed by atoms with van der Waals surface area (Å²) in [6.45, 7) is 5.79. The third kappa shape index (κ3) is 3.85. The Balaban J connectivity index is 1.61. The third-order valence-electron chi connectivity index (χ3n) is 6.77. The molecule has 0 aliphatic carbocycles. The van der Waals surface area contributed by atoms with Crippen LogP contribution in [0.2, 0.25) is 0 Å². The van der Waals surface area contributed by atoms with E-state index in [1.54, 1.807) is 31.4 Å². The number of esters is 1. The molecule has 1 fully saturated rings. The summed E-state index contributed by atoms with van der Waals surface area (Å²) < 4.78 is 20.6. The van der Waals surface area contributed by atoms with E-state index in [2.05, 4.69) is 9.13 Å². The maximum Gasteiger partial charge on any atom is 0.302 e. The van der Waals surface area contributed by atoms with Crippen LogP contribution in [0.3, 0.4) is 0 Å². The molecule has 0 radical (unpaired) electrons. The quantitative estimate of drug-likeness (QED) is 0.280. The monoisotopic (exact) mass is 478 g/mol. The number of methoxy groups -OCH3 is 1. The number of aryl methyl sites for hydroxylation is 1. The van der Waals surface area contributed by atoms with Crippen LogP contribution in [0.25, 0.3) is 11.0 Å². The van der Waals surface area contributed by atoms with E-state index < -0.39 is 5.41 Å². The molecule has 2 aliphatic heterocycles. The molecule has 35 heavy (non-hydrogen) atoms. The minimum Gasteiger partial charge on any atom is -0.497 e. The number of nitrogens with zero attached hydrogens (tertiary/aromatic N) is 3. The van der Waals surface area contributed by atoms with Gasteiger partial charge in [-0.15, -0.1) is 0 Å². The van der Waals surface area contributed by atoms with Crippen LogP contribution in [0.1, 0.15) is 40.4 Å². The number of amides is 2. The molecule has 0 saturated carbocycles. The second-order valence-corrected chi connectivity index (χ2v) is 9.12. The van der Waals surface area contributed by atoms with Gasteiger partial charge in [-0.25, -0.2) is 9.13 Å². The van der Waals surface area contributed by atoms with Crippen LogP contribution in [0, 0.1) is 5.41 Å². The van der Waals surface area contributed by atoms with E-state index >= 15 is 0 Å². The Hall–Kier alpha value is -3.72. The number of benzene rings is 2. The van der Waals surface area contributed by atoms with E-state index in [1.807, 2.05) is 25.1 Å². The van der Waals surface area contributed by atoms with Crippen molar-refractivity contribution in [1.82, 2.24) is 9.47 Å². The first-order chi connectivity index (χ1) is 16.9. The number of carbonyl (C=O) groups is 3. The Bertz CT molecular complexity index is 1310. The summed E-state index contributed by atoms with van der Waals surface area (Å²) in [4.78, 5) is 39.1. The number of hydrogen-bond donors (Lipinski definition) is 0. The molecule has 3 heterocycles. The average molecular weight is 479 g/mol. The van der Waals surface area contributed by atoms with Gasteiger partial charge in [-0.2, -0.15) is 0 Å². The Labute approximate surface area is 202 Å². The number of fused-ring (bicyclic) bond motifs is 2. The van der Waals surface area contributed by atoms with Crippen molar-refractivity contribution in [3.8, 4) is 5.75 Å². The van der Waals surface area contributed by atoms with Crippen molar-refractivity contribution < 1.29 is 33.2 Å². The van der Waals surface area contributed by atoms with Crippen LogP contribution in [0.15, 0.2) is 42.5 Å². The van der Waals surface area contributed by atoms with E-state index in [-0.39, 0.29) is 30.9 Å². The van der Waals surface area contributed by atoms with E-state index in [1.165, 1.54) is 11.8 Å². The maximum absolute atomic E-state index is 13.2. The molecule has 0 atom stereocenters. The van der Waals surface area contributed by atoms with Crippen LogP contribution in [-0.2, 0) is 33.9 Å². The highest BCUT2D eigenvalue weighted by atomic mass is 16.5. The second kappa shape index (κ2) is 8.81. The lowest BCUT2D eigenvalue weighted by atomic mass is 9.86. The fourth-order valence-electron chi connectivity index (χ4n) is 4.92. The Morgan fingerprint density at radius 3 is 2.34 bits per heavy atom. The van der Waals surface area contributed by atoms with E-state index in [0.717, 1.165) is 16.9 Å². The highest BCUT2D eigenvalue weighted by Crippen LogP contribution is 2.34. The number of imidazole rings is 1. The molecule has 1 aromatic heterocycles. The number of carbonyl (C=O) groups excluding carboxylic acids is 3. The van der Waals surface area contributed by atoms with Gasteiger partial charge in [0, 0.05) is 13.0 Å². The highest BCUT2D eigenvalue weighted by Gasteiger charge is 2.45. The van der Waals surface area contributed by atoms with Crippen LogP contribution < -0.4 is 9.30 Å². The van der Waals surface area contributed by atoms with Gasteiger partial charge in [-0.1, -0.05) is 12.1 Å². The van der Waals surface area contributed by atoms with Gasteiger partial charge < -0.3 is 14.2 Å². The summed E-state index contributed by atoms with van der Waals surface area (Å²) in [5, 5.41) is 0. The Kier molecular flexibility index (Phi) is 5.80. The fraction of sp³-hybridized carbons (Fsp3) is 0.385. The van der Waals surface area contributed by atoms with Crippen molar-refractivity contribution in [3.63, 3.8) is 0 Å². The molecule has 0 N–H and O–H groups in total. The van der Waals surface area contributed by atoms with Gasteiger partial charge >= 0.3 is 5.97 Å². The van der Waals surface area contributed by atoms with Crippen molar-refractivity contribution in [3.05, 3.63) is 59.4 Å². The normalized spacial score (nSPS) is 16.4. The van der Waals surface area contributed by atoms with Gasteiger partial charge in [-0.3, -0.25) is 19.3 Å².